The van der Waals surface area contributed by atoms with Crippen molar-refractivity contribution in [2.24, 2.45) is 0 Å². The average Bonchev–Trinajstić information content (AvgIpc) is 2.49. The molecule has 1 aromatic rings. The van der Waals surface area contributed by atoms with Gasteiger partial charge >= 0.3 is 11.8 Å². The van der Waals surface area contributed by atoms with Gasteiger partial charge in [-0.25, -0.2) is 0 Å². The van der Waals surface area contributed by atoms with E-state index in [-0.39, 0.29) is 6.04 Å². The average molecular weight is 306 g/mol. The maximum Gasteiger partial charge on any atom is 0.309 e. The fraction of sp³-hybridized carbons (Fsp3) is 0.529. The van der Waals surface area contributed by atoms with Gasteiger partial charge in [0.05, 0.1) is 12.6 Å². The van der Waals surface area contributed by atoms with Crippen molar-refractivity contribution < 1.29 is 14.3 Å². The van der Waals surface area contributed by atoms with Crippen molar-refractivity contribution in [3.63, 3.8) is 0 Å². The normalized spacial score (nSPS) is 11.6. The van der Waals surface area contributed by atoms with Crippen LogP contribution in [0.1, 0.15) is 50.8 Å². The third kappa shape index (κ3) is 5.39. The molecule has 0 heterocycles. The Bertz CT molecular complexity index is 515. The zero-order chi connectivity index (χ0) is 16.5. The third-order valence-corrected chi connectivity index (χ3v) is 3.30. The Hall–Kier alpha value is -2.04. The van der Waals surface area contributed by atoms with E-state index in [0.717, 1.165) is 29.7 Å². The molecule has 0 aliphatic heterocycles. The molecule has 0 saturated carbocycles. The first-order valence-corrected chi connectivity index (χ1v) is 7.81. The van der Waals surface area contributed by atoms with E-state index >= 15 is 0 Å². The Morgan fingerprint density at radius 2 is 1.95 bits per heavy atom. The first-order valence-electron chi connectivity index (χ1n) is 7.81. The van der Waals surface area contributed by atoms with Crippen molar-refractivity contribution in [3.8, 4) is 5.75 Å². The van der Waals surface area contributed by atoms with Crippen LogP contribution in [0.15, 0.2) is 18.2 Å². The lowest BCUT2D eigenvalue weighted by Crippen LogP contribution is -2.41. The number of nitrogens with one attached hydrogen (secondary N) is 2. The van der Waals surface area contributed by atoms with Gasteiger partial charge in [0.25, 0.3) is 0 Å². The van der Waals surface area contributed by atoms with Crippen LogP contribution in [-0.2, 0) is 9.59 Å². The molecule has 5 nitrogen and oxygen atoms in total. The minimum absolute atomic E-state index is 0.300. The maximum absolute atomic E-state index is 11.9. The van der Waals surface area contributed by atoms with Gasteiger partial charge in [-0.2, -0.15) is 0 Å². The number of hydrogen-bond donors (Lipinski definition) is 2. The molecular formula is C17H26N2O3. The number of aryl methyl sites for hydroxylation is 1. The van der Waals surface area contributed by atoms with Crippen molar-refractivity contribution >= 4 is 11.8 Å². The highest BCUT2D eigenvalue weighted by molar-refractivity contribution is 6.35. The number of unbranched alkanes of at least 4 members (excludes halogenated alkanes) is 1. The molecule has 2 amide bonds. The maximum atomic E-state index is 11.9. The summed E-state index contributed by atoms with van der Waals surface area (Å²) in [5, 5.41) is 5.33. The summed E-state index contributed by atoms with van der Waals surface area (Å²) in [6.07, 6.45) is 1.83. The van der Waals surface area contributed by atoms with E-state index in [4.69, 9.17) is 4.74 Å². The summed E-state index contributed by atoms with van der Waals surface area (Å²) < 4.78 is 5.58. The zero-order valence-corrected chi connectivity index (χ0v) is 13.9. The van der Waals surface area contributed by atoms with Gasteiger partial charge in [-0.05, 0) is 33.3 Å². The Morgan fingerprint density at radius 3 is 2.59 bits per heavy atom. The largest absolute Gasteiger partial charge is 0.494 e. The highest BCUT2D eigenvalue weighted by atomic mass is 16.5. The van der Waals surface area contributed by atoms with E-state index in [1.165, 1.54) is 0 Å². The van der Waals surface area contributed by atoms with Crippen molar-refractivity contribution in [1.29, 1.82) is 0 Å². The highest BCUT2D eigenvalue weighted by Crippen LogP contribution is 2.26. The van der Waals surface area contributed by atoms with Gasteiger partial charge in [0.15, 0.2) is 0 Å². The van der Waals surface area contributed by atoms with Crippen LogP contribution < -0.4 is 15.4 Å². The Balaban J connectivity index is 2.71. The second-order valence-corrected chi connectivity index (χ2v) is 5.28. The first kappa shape index (κ1) is 18.0. The Labute approximate surface area is 132 Å². The lowest BCUT2D eigenvalue weighted by atomic mass is 10.0. The second-order valence-electron chi connectivity index (χ2n) is 5.28. The van der Waals surface area contributed by atoms with E-state index in [2.05, 4.69) is 10.6 Å². The number of benzene rings is 1. The number of carbonyl (C=O) groups is 2. The summed E-state index contributed by atoms with van der Waals surface area (Å²) in [6, 6.07) is 5.51. The van der Waals surface area contributed by atoms with Gasteiger partial charge in [-0.1, -0.05) is 31.0 Å². The first-order chi connectivity index (χ1) is 10.5. The van der Waals surface area contributed by atoms with Gasteiger partial charge in [0.2, 0.25) is 0 Å². The van der Waals surface area contributed by atoms with Gasteiger partial charge in [0, 0.05) is 12.1 Å². The Kier molecular flexibility index (Phi) is 7.43. The molecule has 122 valence electrons. The fourth-order valence-corrected chi connectivity index (χ4v) is 2.09. The van der Waals surface area contributed by atoms with Crippen LogP contribution in [0, 0.1) is 6.92 Å². The van der Waals surface area contributed by atoms with Crippen molar-refractivity contribution in [3.05, 3.63) is 29.3 Å². The van der Waals surface area contributed by atoms with Crippen LogP contribution >= 0.6 is 0 Å². The van der Waals surface area contributed by atoms with Gasteiger partial charge in [0.1, 0.15) is 5.75 Å². The minimum atomic E-state index is -0.618. The molecule has 5 heteroatoms. The fourth-order valence-electron chi connectivity index (χ4n) is 2.09. The molecule has 1 aromatic carbocycles. The lowest BCUT2D eigenvalue weighted by molar-refractivity contribution is -0.139. The van der Waals surface area contributed by atoms with E-state index in [9.17, 15) is 9.59 Å². The molecule has 0 bridgehead atoms. The number of amides is 2. The zero-order valence-electron chi connectivity index (χ0n) is 13.9. The molecule has 0 aliphatic carbocycles. The topological polar surface area (TPSA) is 67.4 Å². The molecule has 0 radical (unpaired) electrons. The minimum Gasteiger partial charge on any atom is -0.494 e. The molecule has 0 aromatic heterocycles. The number of rotatable bonds is 7. The van der Waals surface area contributed by atoms with Crippen molar-refractivity contribution in [2.75, 3.05) is 13.2 Å². The molecule has 1 atom stereocenters. The van der Waals surface area contributed by atoms with E-state index < -0.39 is 11.8 Å². The van der Waals surface area contributed by atoms with E-state index in [0.29, 0.717) is 13.2 Å². The van der Waals surface area contributed by atoms with E-state index in [1.807, 2.05) is 45.9 Å². The Morgan fingerprint density at radius 1 is 1.23 bits per heavy atom. The predicted molar refractivity (Wildman–Crippen MR) is 86.8 cm³/mol. The second kappa shape index (κ2) is 9.07. The molecule has 0 saturated heterocycles. The van der Waals surface area contributed by atoms with Crippen LogP contribution in [0.4, 0.5) is 0 Å². The smallest absolute Gasteiger partial charge is 0.309 e. The van der Waals surface area contributed by atoms with Crippen LogP contribution in [0.2, 0.25) is 0 Å². The summed E-state index contributed by atoms with van der Waals surface area (Å²) in [5.41, 5.74) is 1.95. The molecule has 0 fully saturated rings. The molecular weight excluding hydrogens is 280 g/mol. The number of hydrogen-bond acceptors (Lipinski definition) is 3. The molecule has 0 aliphatic rings. The molecule has 1 rings (SSSR count). The van der Waals surface area contributed by atoms with Crippen molar-refractivity contribution in [2.45, 2.75) is 46.6 Å². The summed E-state index contributed by atoms with van der Waals surface area (Å²) in [6.45, 7) is 8.83. The summed E-state index contributed by atoms with van der Waals surface area (Å²) >= 11 is 0. The molecule has 0 spiro atoms. The number of ether oxygens (including phenoxy) is 1. The predicted octanol–water partition coefficient (Wildman–Crippen LogP) is 2.49. The van der Waals surface area contributed by atoms with Crippen LogP contribution in [0.3, 0.4) is 0 Å². The third-order valence-electron chi connectivity index (χ3n) is 3.30. The summed E-state index contributed by atoms with van der Waals surface area (Å²) in [5.74, 6) is -0.481. The molecule has 2 N–H and O–H groups in total. The summed E-state index contributed by atoms with van der Waals surface area (Å²) in [4.78, 5) is 23.6. The van der Waals surface area contributed by atoms with Gasteiger partial charge in [-0.3, -0.25) is 9.59 Å². The van der Waals surface area contributed by atoms with Crippen LogP contribution in [0.25, 0.3) is 0 Å². The highest BCUT2D eigenvalue weighted by Gasteiger charge is 2.19. The van der Waals surface area contributed by atoms with Gasteiger partial charge in [-0.15, -0.1) is 0 Å². The van der Waals surface area contributed by atoms with Crippen LogP contribution in [-0.4, -0.2) is 25.0 Å². The summed E-state index contributed by atoms with van der Waals surface area (Å²) in [7, 11) is 0. The van der Waals surface area contributed by atoms with Gasteiger partial charge < -0.3 is 15.4 Å². The monoisotopic (exact) mass is 306 g/mol. The lowest BCUT2D eigenvalue weighted by Gasteiger charge is -2.18. The van der Waals surface area contributed by atoms with E-state index in [1.54, 1.807) is 0 Å². The molecule has 1 unspecified atom stereocenters. The molecule has 22 heavy (non-hydrogen) atoms. The standard InChI is InChI=1S/C17H26N2O3/c1-5-7-10-18-16(20)17(21)19-13(4)14-11-12(3)8-9-15(14)22-6-2/h8-9,11,13H,5-7,10H2,1-4H3,(H,18,20)(H,19,21). The number of carbonyl (C=O) groups excluding carboxylic acids is 2. The van der Waals surface area contributed by atoms with Crippen LogP contribution in [0.5, 0.6) is 5.75 Å². The SMILES string of the molecule is CCCCNC(=O)C(=O)NC(C)c1cc(C)ccc1OCC. The quantitative estimate of drug-likeness (QED) is 0.601. The van der Waals surface area contributed by atoms with Crippen molar-refractivity contribution in [1.82, 2.24) is 10.6 Å².